The van der Waals surface area contributed by atoms with Gasteiger partial charge in [0.05, 0.1) is 5.92 Å². The number of rotatable bonds is 3. The zero-order valence-electron chi connectivity index (χ0n) is 11.3. The standard InChI is InChI=1S/C14H18F4N2/c1-19-9-10-6-12(15)8-13(7-10)20-4-2-11(3-5-20)14(16,17)18/h6-8,11,19H,2-5,9H2,1H3. The molecule has 1 saturated heterocycles. The van der Waals surface area contributed by atoms with Crippen LogP contribution in [0.25, 0.3) is 0 Å². The Morgan fingerprint density at radius 1 is 1.20 bits per heavy atom. The first-order valence-corrected chi connectivity index (χ1v) is 6.66. The van der Waals surface area contributed by atoms with E-state index >= 15 is 0 Å². The summed E-state index contributed by atoms with van der Waals surface area (Å²) in [4.78, 5) is 1.82. The van der Waals surface area contributed by atoms with Crippen LogP contribution in [-0.2, 0) is 6.54 Å². The lowest BCUT2D eigenvalue weighted by Gasteiger charge is -2.34. The van der Waals surface area contributed by atoms with Crippen LogP contribution in [0, 0.1) is 11.7 Å². The van der Waals surface area contributed by atoms with Gasteiger partial charge in [-0.1, -0.05) is 0 Å². The fraction of sp³-hybridized carbons (Fsp3) is 0.571. The second-order valence-electron chi connectivity index (χ2n) is 5.15. The SMILES string of the molecule is CNCc1cc(F)cc(N2CCC(C(F)(F)F)CC2)c1. The zero-order valence-corrected chi connectivity index (χ0v) is 11.3. The maximum atomic E-state index is 13.5. The predicted octanol–water partition coefficient (Wildman–Crippen LogP) is 3.32. The number of hydrogen-bond acceptors (Lipinski definition) is 2. The van der Waals surface area contributed by atoms with E-state index in [9.17, 15) is 17.6 Å². The highest BCUT2D eigenvalue weighted by Gasteiger charge is 2.41. The van der Waals surface area contributed by atoms with Gasteiger partial charge in [0.15, 0.2) is 0 Å². The minimum Gasteiger partial charge on any atom is -0.371 e. The van der Waals surface area contributed by atoms with Crippen LogP contribution in [0.1, 0.15) is 18.4 Å². The normalized spacial score (nSPS) is 17.6. The summed E-state index contributed by atoms with van der Waals surface area (Å²) >= 11 is 0. The molecule has 20 heavy (non-hydrogen) atoms. The first-order valence-electron chi connectivity index (χ1n) is 6.66. The fourth-order valence-corrected chi connectivity index (χ4v) is 2.59. The van der Waals surface area contributed by atoms with Crippen LogP contribution in [0.5, 0.6) is 0 Å². The molecule has 1 N–H and O–H groups in total. The molecule has 1 aliphatic heterocycles. The molecular weight excluding hydrogens is 272 g/mol. The van der Waals surface area contributed by atoms with Gasteiger partial charge < -0.3 is 10.2 Å². The molecule has 0 radical (unpaired) electrons. The molecule has 0 aliphatic carbocycles. The first-order chi connectivity index (χ1) is 9.40. The van der Waals surface area contributed by atoms with Gasteiger partial charge in [-0.2, -0.15) is 13.2 Å². The van der Waals surface area contributed by atoms with Gasteiger partial charge in [0.25, 0.3) is 0 Å². The Kier molecular flexibility index (Phi) is 4.52. The van der Waals surface area contributed by atoms with Gasteiger partial charge in [0, 0.05) is 25.3 Å². The maximum absolute atomic E-state index is 13.5. The molecule has 1 aliphatic rings. The number of alkyl halides is 3. The van der Waals surface area contributed by atoms with Gasteiger partial charge in [-0.25, -0.2) is 4.39 Å². The second-order valence-corrected chi connectivity index (χ2v) is 5.15. The number of halogens is 4. The maximum Gasteiger partial charge on any atom is 0.391 e. The molecule has 1 aromatic carbocycles. The molecular formula is C14H18F4N2. The largest absolute Gasteiger partial charge is 0.391 e. The lowest BCUT2D eigenvalue weighted by atomic mass is 9.96. The van der Waals surface area contributed by atoms with Crippen LogP contribution >= 0.6 is 0 Å². The van der Waals surface area contributed by atoms with Crippen molar-refractivity contribution in [1.29, 1.82) is 0 Å². The Morgan fingerprint density at radius 2 is 1.85 bits per heavy atom. The third kappa shape index (κ3) is 3.62. The second kappa shape index (κ2) is 5.99. The predicted molar refractivity (Wildman–Crippen MR) is 70.2 cm³/mol. The van der Waals surface area contributed by atoms with Crippen LogP contribution in [0.2, 0.25) is 0 Å². The molecule has 0 aromatic heterocycles. The highest BCUT2D eigenvalue weighted by molar-refractivity contribution is 5.49. The van der Waals surface area contributed by atoms with Crippen LogP contribution < -0.4 is 10.2 Å². The lowest BCUT2D eigenvalue weighted by molar-refractivity contribution is -0.179. The van der Waals surface area contributed by atoms with Crippen molar-refractivity contribution < 1.29 is 17.6 Å². The Hall–Kier alpha value is -1.30. The Balaban J connectivity index is 2.07. The van der Waals surface area contributed by atoms with E-state index in [0.717, 1.165) is 5.56 Å². The van der Waals surface area contributed by atoms with Gasteiger partial charge in [-0.15, -0.1) is 0 Å². The third-order valence-electron chi connectivity index (χ3n) is 3.65. The zero-order chi connectivity index (χ0) is 14.8. The van der Waals surface area contributed by atoms with Crippen molar-refractivity contribution in [2.45, 2.75) is 25.6 Å². The summed E-state index contributed by atoms with van der Waals surface area (Å²) in [5.41, 5.74) is 1.45. The molecule has 6 heteroatoms. The van der Waals surface area contributed by atoms with Gasteiger partial charge in [0.2, 0.25) is 0 Å². The Morgan fingerprint density at radius 3 is 2.40 bits per heavy atom. The summed E-state index contributed by atoms with van der Waals surface area (Å²) < 4.78 is 51.4. The summed E-state index contributed by atoms with van der Waals surface area (Å²) in [7, 11) is 1.76. The van der Waals surface area contributed by atoms with Crippen molar-refractivity contribution in [3.05, 3.63) is 29.6 Å². The van der Waals surface area contributed by atoms with E-state index in [-0.39, 0.29) is 18.7 Å². The average molecular weight is 290 g/mol. The molecule has 0 atom stereocenters. The van der Waals surface area contributed by atoms with Crippen molar-refractivity contribution in [2.24, 2.45) is 5.92 Å². The van der Waals surface area contributed by atoms with E-state index in [1.165, 1.54) is 12.1 Å². The van der Waals surface area contributed by atoms with E-state index < -0.39 is 12.1 Å². The molecule has 1 heterocycles. The molecule has 112 valence electrons. The van der Waals surface area contributed by atoms with Gasteiger partial charge in [-0.05, 0) is 43.7 Å². The Labute approximate surface area is 115 Å². The Bertz CT molecular complexity index is 451. The number of nitrogens with zero attached hydrogens (tertiary/aromatic N) is 1. The summed E-state index contributed by atoms with van der Waals surface area (Å²) in [6.45, 7) is 1.16. The van der Waals surface area contributed by atoms with E-state index in [0.29, 0.717) is 25.3 Å². The smallest absolute Gasteiger partial charge is 0.371 e. The van der Waals surface area contributed by atoms with Crippen molar-refractivity contribution in [1.82, 2.24) is 5.32 Å². The highest BCUT2D eigenvalue weighted by Crippen LogP contribution is 2.35. The van der Waals surface area contributed by atoms with E-state index in [2.05, 4.69) is 5.32 Å². The molecule has 1 fully saturated rings. The van der Waals surface area contributed by atoms with Crippen molar-refractivity contribution >= 4 is 5.69 Å². The van der Waals surface area contributed by atoms with E-state index in [1.54, 1.807) is 7.05 Å². The average Bonchev–Trinajstić information content (AvgIpc) is 2.37. The van der Waals surface area contributed by atoms with Gasteiger partial charge in [-0.3, -0.25) is 0 Å². The lowest BCUT2D eigenvalue weighted by Crippen LogP contribution is -2.39. The molecule has 2 rings (SSSR count). The summed E-state index contributed by atoms with van der Waals surface area (Å²) in [5.74, 6) is -1.59. The molecule has 0 spiro atoms. The van der Waals surface area contributed by atoms with Crippen molar-refractivity contribution in [3.63, 3.8) is 0 Å². The van der Waals surface area contributed by atoms with E-state index in [1.807, 2.05) is 11.0 Å². The monoisotopic (exact) mass is 290 g/mol. The summed E-state index contributed by atoms with van der Waals surface area (Å²) in [6, 6.07) is 4.64. The molecule has 0 saturated carbocycles. The molecule has 0 unspecified atom stereocenters. The first kappa shape index (κ1) is 15.1. The molecule has 0 bridgehead atoms. The van der Waals surface area contributed by atoms with Gasteiger partial charge >= 0.3 is 6.18 Å². The van der Waals surface area contributed by atoms with Crippen molar-refractivity contribution in [2.75, 3.05) is 25.0 Å². The van der Waals surface area contributed by atoms with Gasteiger partial charge in [0.1, 0.15) is 5.82 Å². The number of anilines is 1. The van der Waals surface area contributed by atoms with Crippen LogP contribution in [-0.4, -0.2) is 26.3 Å². The number of nitrogens with one attached hydrogen (secondary N) is 1. The van der Waals surface area contributed by atoms with Crippen LogP contribution in [0.4, 0.5) is 23.2 Å². The number of piperidine rings is 1. The quantitative estimate of drug-likeness (QED) is 0.859. The fourth-order valence-electron chi connectivity index (χ4n) is 2.59. The summed E-state index contributed by atoms with van der Waals surface area (Å²) in [6.07, 6.45) is -3.98. The minimum atomic E-state index is -4.12. The minimum absolute atomic E-state index is 0.0708. The molecule has 2 nitrogen and oxygen atoms in total. The highest BCUT2D eigenvalue weighted by atomic mass is 19.4. The van der Waals surface area contributed by atoms with E-state index in [4.69, 9.17) is 0 Å². The van der Waals surface area contributed by atoms with Crippen LogP contribution in [0.3, 0.4) is 0 Å². The van der Waals surface area contributed by atoms with Crippen LogP contribution in [0.15, 0.2) is 18.2 Å². The number of hydrogen-bond donors (Lipinski definition) is 1. The molecule has 1 aromatic rings. The third-order valence-corrected chi connectivity index (χ3v) is 3.65. The number of benzene rings is 1. The topological polar surface area (TPSA) is 15.3 Å². The van der Waals surface area contributed by atoms with Crippen molar-refractivity contribution in [3.8, 4) is 0 Å². The molecule has 0 amide bonds. The summed E-state index contributed by atoms with van der Waals surface area (Å²) in [5, 5.41) is 2.93.